The number of benzene rings is 7. The summed E-state index contributed by atoms with van der Waals surface area (Å²) in [6.45, 7) is 23.6. The van der Waals surface area contributed by atoms with E-state index in [1.165, 1.54) is 100 Å². The van der Waals surface area contributed by atoms with Gasteiger partial charge in [-0.3, -0.25) is 4.99 Å². The molecule has 0 aromatic heterocycles. The van der Waals surface area contributed by atoms with Crippen LogP contribution >= 0.6 is 0 Å². The molecule has 0 amide bonds. The van der Waals surface area contributed by atoms with Crippen molar-refractivity contribution in [3.63, 3.8) is 0 Å². The molecule has 0 saturated heterocycles. The lowest BCUT2D eigenvalue weighted by atomic mass is 9.75. The first-order valence-electron chi connectivity index (χ1n) is 21.5. The summed E-state index contributed by atoms with van der Waals surface area (Å²) >= 11 is 0. The quantitative estimate of drug-likeness (QED) is 0.169. The summed E-state index contributed by atoms with van der Waals surface area (Å²) in [4.78, 5) is 5.23. The molecule has 0 atom stereocenters. The first kappa shape index (κ1) is 37.5. The fourth-order valence-corrected chi connectivity index (χ4v) is 10.2. The second-order valence-corrected chi connectivity index (χ2v) is 20.5. The van der Waals surface area contributed by atoms with Crippen molar-refractivity contribution in [2.75, 3.05) is 0 Å². The van der Waals surface area contributed by atoms with Gasteiger partial charge in [-0.25, -0.2) is 0 Å². The molecule has 2 aliphatic carbocycles. The van der Waals surface area contributed by atoms with Crippen molar-refractivity contribution < 1.29 is 0 Å². The van der Waals surface area contributed by atoms with Crippen LogP contribution in [0.2, 0.25) is 0 Å². The van der Waals surface area contributed by atoms with Crippen LogP contribution in [0.15, 0.2) is 145 Å². The molecule has 0 bridgehead atoms. The topological polar surface area (TPSA) is 12.4 Å². The summed E-state index contributed by atoms with van der Waals surface area (Å²) in [5.41, 5.74) is 26.0. The number of fused-ring (bicyclic) bond motifs is 7. The van der Waals surface area contributed by atoms with E-state index in [4.69, 9.17) is 4.99 Å². The maximum atomic E-state index is 5.23. The highest BCUT2D eigenvalue weighted by Crippen LogP contribution is 2.54. The first-order chi connectivity index (χ1) is 28.0. The molecular formula is C58H55N. The van der Waals surface area contributed by atoms with Crippen molar-refractivity contribution in [3.05, 3.63) is 184 Å². The Balaban J connectivity index is 1.01. The van der Waals surface area contributed by atoms with Gasteiger partial charge in [-0.2, -0.15) is 0 Å². The zero-order valence-corrected chi connectivity index (χ0v) is 36.4. The average Bonchev–Trinajstić information content (AvgIpc) is 3.82. The van der Waals surface area contributed by atoms with Crippen LogP contribution in [0.5, 0.6) is 0 Å². The van der Waals surface area contributed by atoms with E-state index in [1.54, 1.807) is 0 Å². The van der Waals surface area contributed by atoms with Crippen LogP contribution in [0.25, 0.3) is 55.6 Å². The summed E-state index contributed by atoms with van der Waals surface area (Å²) in [5.74, 6) is 0. The fourth-order valence-electron chi connectivity index (χ4n) is 10.2. The molecule has 292 valence electrons. The summed E-state index contributed by atoms with van der Waals surface area (Å²) in [6.07, 6.45) is 0.860. The van der Waals surface area contributed by atoms with E-state index in [-0.39, 0.29) is 21.7 Å². The van der Waals surface area contributed by atoms with Crippen LogP contribution < -0.4 is 0 Å². The molecule has 0 fully saturated rings. The van der Waals surface area contributed by atoms with Gasteiger partial charge in [-0.15, -0.1) is 0 Å². The Morgan fingerprint density at radius 1 is 0.407 bits per heavy atom. The predicted octanol–water partition coefficient (Wildman–Crippen LogP) is 15.6. The van der Waals surface area contributed by atoms with Gasteiger partial charge in [-0.1, -0.05) is 172 Å². The number of hydrogen-bond donors (Lipinski definition) is 0. The molecule has 7 aromatic rings. The molecule has 0 N–H and O–H groups in total. The van der Waals surface area contributed by atoms with Gasteiger partial charge in [0.05, 0.1) is 11.4 Å². The van der Waals surface area contributed by atoms with Gasteiger partial charge in [0.1, 0.15) is 0 Å². The molecule has 0 radical (unpaired) electrons. The van der Waals surface area contributed by atoms with Crippen LogP contribution in [0.4, 0.5) is 5.69 Å². The molecule has 3 aliphatic rings. The zero-order valence-electron chi connectivity index (χ0n) is 36.4. The van der Waals surface area contributed by atoms with Crippen LogP contribution in [-0.2, 0) is 28.1 Å². The van der Waals surface area contributed by atoms with E-state index >= 15 is 0 Å². The van der Waals surface area contributed by atoms with Crippen LogP contribution in [0.1, 0.15) is 114 Å². The summed E-state index contributed by atoms with van der Waals surface area (Å²) in [6, 6.07) is 53.1. The number of rotatable bonds is 4. The molecule has 7 aromatic carbocycles. The second-order valence-electron chi connectivity index (χ2n) is 20.5. The standard InChI is InChI=1S/C58H55N/c1-55(2,3)42-23-18-36(19-24-42)37-20-25-43-44-26-21-39(29-50(44)57(7,8)49(43)28-37)46-33-52-47(34-48(46)56(4,5)6)45-27-22-40(30-51(45)58(52,9)10)54-32-41-17-16-38(31-53(41)59-54)35-14-12-11-13-15-35/h11-31,33-34H,32H2,1-10H3. The molecular weight excluding hydrogens is 711 g/mol. The van der Waals surface area contributed by atoms with Gasteiger partial charge in [0, 0.05) is 17.3 Å². The Hall–Kier alpha value is -5.79. The molecule has 1 aliphatic heterocycles. The lowest BCUT2D eigenvalue weighted by Gasteiger charge is -2.28. The van der Waals surface area contributed by atoms with Crippen LogP contribution in [0.3, 0.4) is 0 Å². The lowest BCUT2D eigenvalue weighted by Crippen LogP contribution is -2.18. The maximum absolute atomic E-state index is 5.23. The van der Waals surface area contributed by atoms with Crippen LogP contribution in [-0.4, -0.2) is 5.71 Å². The Morgan fingerprint density at radius 2 is 0.898 bits per heavy atom. The molecule has 1 heteroatoms. The highest BCUT2D eigenvalue weighted by molar-refractivity contribution is 6.07. The van der Waals surface area contributed by atoms with Crippen molar-refractivity contribution in [3.8, 4) is 55.6 Å². The van der Waals surface area contributed by atoms with Gasteiger partial charge in [0.25, 0.3) is 0 Å². The van der Waals surface area contributed by atoms with E-state index in [9.17, 15) is 0 Å². The van der Waals surface area contributed by atoms with Gasteiger partial charge < -0.3 is 0 Å². The number of hydrogen-bond acceptors (Lipinski definition) is 1. The van der Waals surface area contributed by atoms with Crippen molar-refractivity contribution >= 4 is 11.4 Å². The van der Waals surface area contributed by atoms with E-state index in [0.29, 0.717) is 0 Å². The molecule has 1 nitrogen and oxygen atoms in total. The van der Waals surface area contributed by atoms with Crippen molar-refractivity contribution in [1.82, 2.24) is 0 Å². The zero-order chi connectivity index (χ0) is 41.2. The Kier molecular flexibility index (Phi) is 8.16. The van der Waals surface area contributed by atoms with Crippen molar-refractivity contribution in [1.29, 1.82) is 0 Å². The minimum Gasteiger partial charge on any atom is -0.252 e. The minimum absolute atomic E-state index is 0.0465. The van der Waals surface area contributed by atoms with Crippen molar-refractivity contribution in [2.45, 2.75) is 97.3 Å². The lowest BCUT2D eigenvalue weighted by molar-refractivity contribution is 0.590. The fraction of sp³-hybridized carbons (Fsp3) is 0.259. The smallest absolute Gasteiger partial charge is 0.0675 e. The summed E-state index contributed by atoms with van der Waals surface area (Å²) in [7, 11) is 0. The molecule has 10 rings (SSSR count). The van der Waals surface area contributed by atoms with Gasteiger partial charge in [-0.05, 0) is 147 Å². The average molecular weight is 766 g/mol. The second kappa shape index (κ2) is 12.9. The van der Waals surface area contributed by atoms with E-state index in [1.807, 2.05) is 0 Å². The third kappa shape index (κ3) is 5.99. The van der Waals surface area contributed by atoms with Crippen LogP contribution in [0, 0.1) is 0 Å². The maximum Gasteiger partial charge on any atom is 0.0675 e. The third-order valence-corrected chi connectivity index (χ3v) is 13.8. The number of aliphatic imine (C=N–C) groups is 1. The SMILES string of the molecule is CC(C)(C)c1ccc(-c2ccc3c(c2)C(C)(C)c2cc(-c4cc5c(cc4C(C)(C)C)-c4ccc(C6=Nc7cc(-c8ccccc8)ccc7C6)cc4C5(C)C)ccc2-3)cc1. The monoisotopic (exact) mass is 765 g/mol. The largest absolute Gasteiger partial charge is 0.252 e. The highest BCUT2D eigenvalue weighted by atomic mass is 14.8. The highest BCUT2D eigenvalue weighted by Gasteiger charge is 2.39. The van der Waals surface area contributed by atoms with Gasteiger partial charge >= 0.3 is 0 Å². The van der Waals surface area contributed by atoms with Gasteiger partial charge in [0.15, 0.2) is 0 Å². The molecule has 0 saturated carbocycles. The van der Waals surface area contributed by atoms with E-state index in [2.05, 4.69) is 209 Å². The normalized spacial score (nSPS) is 15.6. The molecule has 0 spiro atoms. The Labute approximate surface area is 351 Å². The molecule has 0 unspecified atom stereocenters. The molecule has 59 heavy (non-hydrogen) atoms. The first-order valence-corrected chi connectivity index (χ1v) is 21.5. The molecule has 1 heterocycles. The minimum atomic E-state index is -0.161. The van der Waals surface area contributed by atoms with E-state index in [0.717, 1.165) is 17.8 Å². The number of nitrogens with zero attached hydrogens (tertiary/aromatic N) is 1. The predicted molar refractivity (Wildman–Crippen MR) is 252 cm³/mol. The van der Waals surface area contributed by atoms with Gasteiger partial charge in [0.2, 0.25) is 0 Å². The summed E-state index contributed by atoms with van der Waals surface area (Å²) < 4.78 is 0. The Morgan fingerprint density at radius 3 is 1.53 bits per heavy atom. The van der Waals surface area contributed by atoms with Crippen molar-refractivity contribution in [2.24, 2.45) is 4.99 Å². The third-order valence-electron chi connectivity index (χ3n) is 13.8. The Bertz CT molecular complexity index is 2880. The van der Waals surface area contributed by atoms with E-state index < -0.39 is 0 Å². The summed E-state index contributed by atoms with van der Waals surface area (Å²) in [5, 5.41) is 0.